The van der Waals surface area contributed by atoms with E-state index in [0.29, 0.717) is 17.4 Å². The van der Waals surface area contributed by atoms with Crippen LogP contribution in [0.4, 0.5) is 0 Å². The average Bonchev–Trinajstić information content (AvgIpc) is 3.24. The van der Waals surface area contributed by atoms with E-state index in [0.717, 1.165) is 18.7 Å². The van der Waals surface area contributed by atoms with Crippen LogP contribution in [0.2, 0.25) is 0 Å². The number of nitrogens with zero attached hydrogens (tertiary/aromatic N) is 4. The Bertz CT molecular complexity index is 760. The van der Waals surface area contributed by atoms with Crippen molar-refractivity contribution in [2.45, 2.75) is 38.7 Å². The molecule has 2 heterocycles. The lowest BCUT2D eigenvalue weighted by Gasteiger charge is -2.03. The molecule has 22 heavy (non-hydrogen) atoms. The number of carbonyl (C=O) groups excluding carboxylic acids is 1. The zero-order chi connectivity index (χ0) is 15.7. The van der Waals surface area contributed by atoms with Gasteiger partial charge in [-0.1, -0.05) is 0 Å². The van der Waals surface area contributed by atoms with Crippen molar-refractivity contribution in [2.24, 2.45) is 7.05 Å². The van der Waals surface area contributed by atoms with Gasteiger partial charge in [0.05, 0.1) is 0 Å². The number of H-pyrrole nitrogens is 1. The molecule has 0 saturated heterocycles. The zero-order valence-electron chi connectivity index (χ0n) is 12.5. The van der Waals surface area contributed by atoms with Crippen molar-refractivity contribution in [1.82, 2.24) is 25.0 Å². The van der Waals surface area contributed by atoms with Crippen molar-refractivity contribution in [1.29, 1.82) is 0 Å². The quantitative estimate of drug-likeness (QED) is 0.801. The van der Waals surface area contributed by atoms with E-state index in [4.69, 9.17) is 4.74 Å². The lowest BCUT2D eigenvalue weighted by atomic mass is 10.3. The number of hydrogen-bond donors (Lipinski definition) is 1. The molecule has 3 rings (SSSR count). The molecule has 1 aliphatic rings. The Morgan fingerprint density at radius 2 is 2.27 bits per heavy atom. The first kappa shape index (κ1) is 14.4. The molecule has 2 aromatic heterocycles. The molecule has 1 saturated carbocycles. The smallest absolute Gasteiger partial charge is 0.313 e. The molecule has 0 bridgehead atoms. The van der Waals surface area contributed by atoms with Gasteiger partial charge in [0.25, 0.3) is 0 Å². The van der Waals surface area contributed by atoms with Crippen LogP contribution in [0, 0.1) is 6.92 Å². The van der Waals surface area contributed by atoms with E-state index >= 15 is 0 Å². The highest BCUT2D eigenvalue weighted by Gasteiger charge is 2.28. The molecule has 0 aliphatic heterocycles. The van der Waals surface area contributed by atoms with Gasteiger partial charge in [-0.25, -0.2) is 4.98 Å². The van der Waals surface area contributed by atoms with Gasteiger partial charge in [0, 0.05) is 24.7 Å². The van der Waals surface area contributed by atoms with Crippen molar-refractivity contribution in [3.8, 4) is 0 Å². The number of aromatic nitrogens is 5. The van der Waals surface area contributed by atoms with Crippen molar-refractivity contribution in [3.63, 3.8) is 0 Å². The minimum atomic E-state index is -0.459. The molecule has 116 valence electrons. The Hall–Kier alpha value is -2.51. The maximum absolute atomic E-state index is 11.9. The summed E-state index contributed by atoms with van der Waals surface area (Å²) < 4.78 is 6.69. The molecular weight excluding hydrogens is 286 g/mol. The van der Waals surface area contributed by atoms with Crippen LogP contribution >= 0.6 is 0 Å². The normalized spacial score (nSPS) is 14.1. The van der Waals surface area contributed by atoms with Gasteiger partial charge >= 0.3 is 5.97 Å². The summed E-state index contributed by atoms with van der Waals surface area (Å²) in [6, 6.07) is 1.42. The molecule has 0 unspecified atom stereocenters. The Morgan fingerprint density at radius 3 is 2.95 bits per heavy atom. The number of esters is 1. The van der Waals surface area contributed by atoms with E-state index in [1.165, 1.54) is 6.07 Å². The molecular formula is C14H17N5O3. The van der Waals surface area contributed by atoms with E-state index in [-0.39, 0.29) is 24.2 Å². The molecule has 1 N–H and O–H groups in total. The number of rotatable bonds is 5. The van der Waals surface area contributed by atoms with Crippen LogP contribution < -0.4 is 5.43 Å². The fraction of sp³-hybridized carbons (Fsp3) is 0.500. The van der Waals surface area contributed by atoms with E-state index < -0.39 is 5.97 Å². The largest absolute Gasteiger partial charge is 0.459 e. The van der Waals surface area contributed by atoms with Gasteiger partial charge in [-0.3, -0.25) is 19.4 Å². The van der Waals surface area contributed by atoms with Crippen molar-refractivity contribution in [3.05, 3.63) is 39.3 Å². The van der Waals surface area contributed by atoms with Crippen molar-refractivity contribution >= 4 is 5.97 Å². The van der Waals surface area contributed by atoms with Crippen LogP contribution in [0.3, 0.4) is 0 Å². The molecule has 0 radical (unpaired) electrons. The fourth-order valence-corrected chi connectivity index (χ4v) is 2.06. The topological polar surface area (TPSA) is 103 Å². The summed E-state index contributed by atoms with van der Waals surface area (Å²) in [5.41, 5.74) is 0.584. The van der Waals surface area contributed by atoms with Gasteiger partial charge in [-0.2, -0.15) is 10.2 Å². The molecule has 0 spiro atoms. The monoisotopic (exact) mass is 303 g/mol. The Labute approximate surface area is 126 Å². The summed E-state index contributed by atoms with van der Waals surface area (Å²) in [5.74, 6) is 1.34. The van der Waals surface area contributed by atoms with Crippen LogP contribution in [-0.2, 0) is 29.6 Å². The van der Waals surface area contributed by atoms with E-state index in [1.54, 1.807) is 18.7 Å². The summed E-state index contributed by atoms with van der Waals surface area (Å²) in [4.78, 5) is 27.9. The number of aromatic amines is 1. The summed E-state index contributed by atoms with van der Waals surface area (Å²) in [5, 5.41) is 10.8. The first-order valence-corrected chi connectivity index (χ1v) is 7.13. The van der Waals surface area contributed by atoms with Gasteiger partial charge in [0.2, 0.25) is 5.43 Å². The summed E-state index contributed by atoms with van der Waals surface area (Å²) >= 11 is 0. The molecule has 1 fully saturated rings. The standard InChI is InChI=1S/C14H17N5O3/c1-8-5-11(20)10(17-16-8)7-22-13(21)6-12-15-14(9-3-4-9)18-19(12)2/h5,9H,3-4,6-7H2,1-2H3,(H,16,20). The Morgan fingerprint density at radius 1 is 1.50 bits per heavy atom. The van der Waals surface area contributed by atoms with Crippen LogP contribution in [-0.4, -0.2) is 30.9 Å². The highest BCUT2D eigenvalue weighted by atomic mass is 16.5. The first-order valence-electron chi connectivity index (χ1n) is 7.13. The van der Waals surface area contributed by atoms with Gasteiger partial charge in [0.1, 0.15) is 24.5 Å². The molecule has 8 nitrogen and oxygen atoms in total. The second kappa shape index (κ2) is 5.70. The van der Waals surface area contributed by atoms with Gasteiger partial charge in [-0.15, -0.1) is 0 Å². The Balaban J connectivity index is 1.59. The molecule has 0 atom stereocenters. The molecule has 0 amide bonds. The Kier molecular flexibility index (Phi) is 3.74. The highest BCUT2D eigenvalue weighted by Crippen LogP contribution is 2.37. The molecule has 8 heteroatoms. The summed E-state index contributed by atoms with van der Waals surface area (Å²) in [7, 11) is 1.76. The van der Waals surface area contributed by atoms with Gasteiger partial charge in [-0.05, 0) is 19.8 Å². The van der Waals surface area contributed by atoms with Crippen molar-refractivity contribution < 1.29 is 9.53 Å². The maximum atomic E-state index is 11.9. The van der Waals surface area contributed by atoms with E-state index in [1.807, 2.05) is 0 Å². The number of hydrogen-bond acceptors (Lipinski definition) is 6. The predicted molar refractivity (Wildman–Crippen MR) is 76.1 cm³/mol. The summed E-state index contributed by atoms with van der Waals surface area (Å²) in [6.07, 6.45) is 2.24. The lowest BCUT2D eigenvalue weighted by Crippen LogP contribution is -2.18. The fourth-order valence-electron chi connectivity index (χ4n) is 2.06. The minimum Gasteiger partial charge on any atom is -0.459 e. The van der Waals surface area contributed by atoms with Crippen molar-refractivity contribution in [2.75, 3.05) is 0 Å². The predicted octanol–water partition coefficient (Wildman–Crippen LogP) is 0.370. The molecule has 1 aliphatic carbocycles. The second-order valence-electron chi connectivity index (χ2n) is 5.48. The second-order valence-corrected chi connectivity index (χ2v) is 5.48. The third-order valence-corrected chi connectivity index (χ3v) is 3.48. The van der Waals surface area contributed by atoms with Crippen LogP contribution in [0.25, 0.3) is 0 Å². The van der Waals surface area contributed by atoms with E-state index in [9.17, 15) is 9.59 Å². The maximum Gasteiger partial charge on any atom is 0.313 e. The average molecular weight is 303 g/mol. The molecule has 0 aromatic carbocycles. The summed E-state index contributed by atoms with van der Waals surface area (Å²) in [6.45, 7) is 1.58. The molecule has 2 aromatic rings. The van der Waals surface area contributed by atoms with Gasteiger partial charge in [0.15, 0.2) is 5.82 Å². The minimum absolute atomic E-state index is 0.0278. The zero-order valence-corrected chi connectivity index (χ0v) is 12.5. The van der Waals surface area contributed by atoms with Crippen LogP contribution in [0.15, 0.2) is 10.9 Å². The van der Waals surface area contributed by atoms with Crippen LogP contribution in [0.5, 0.6) is 0 Å². The van der Waals surface area contributed by atoms with Gasteiger partial charge < -0.3 is 4.74 Å². The third-order valence-electron chi connectivity index (χ3n) is 3.48. The van der Waals surface area contributed by atoms with Crippen LogP contribution in [0.1, 0.15) is 41.8 Å². The number of aryl methyl sites for hydroxylation is 2. The highest BCUT2D eigenvalue weighted by molar-refractivity contribution is 5.71. The lowest BCUT2D eigenvalue weighted by molar-refractivity contribution is -0.144. The third kappa shape index (κ3) is 3.21. The first-order chi connectivity index (χ1) is 10.5. The number of ether oxygens (including phenoxy) is 1. The number of carbonyl (C=O) groups is 1. The van der Waals surface area contributed by atoms with E-state index in [2.05, 4.69) is 20.3 Å². The SMILES string of the molecule is Cc1cc(=O)c(COC(=O)Cc2nc(C3CC3)nn2C)n[nH]1. The number of nitrogens with one attached hydrogen (secondary N) is 1.